The predicted octanol–water partition coefficient (Wildman–Crippen LogP) is 5.64. The van der Waals surface area contributed by atoms with Crippen molar-refractivity contribution in [2.45, 2.75) is 19.9 Å². The summed E-state index contributed by atoms with van der Waals surface area (Å²) < 4.78 is 11.7. The standard InChI is InChI=1S/C28H24N2O5S/c1-4-35-20-7-5-6-18(14-20)25(31)23-24(17-10-8-16(2)9-11-17)30(27(33)26(23)32)28-29-21-13-12-19(34-3)15-22(21)36-28/h5-15,24,31H,4H2,1-3H3. The van der Waals surface area contributed by atoms with Gasteiger partial charge in [0, 0.05) is 5.56 Å². The molecule has 8 heteroatoms. The van der Waals surface area contributed by atoms with Crippen molar-refractivity contribution in [3.63, 3.8) is 0 Å². The van der Waals surface area contributed by atoms with Crippen LogP contribution in [0, 0.1) is 6.92 Å². The van der Waals surface area contributed by atoms with E-state index in [-0.39, 0.29) is 11.3 Å². The van der Waals surface area contributed by atoms with Crippen LogP contribution in [0.25, 0.3) is 16.0 Å². The maximum Gasteiger partial charge on any atom is 0.301 e. The molecule has 36 heavy (non-hydrogen) atoms. The van der Waals surface area contributed by atoms with Gasteiger partial charge in [-0.05, 0) is 49.7 Å². The van der Waals surface area contributed by atoms with Crippen LogP contribution >= 0.6 is 11.3 Å². The fourth-order valence-corrected chi connectivity index (χ4v) is 5.29. The molecule has 1 aromatic heterocycles. The number of anilines is 1. The summed E-state index contributed by atoms with van der Waals surface area (Å²) in [5, 5.41) is 11.7. The second-order valence-electron chi connectivity index (χ2n) is 8.37. The molecule has 1 unspecified atom stereocenters. The number of amides is 1. The smallest absolute Gasteiger partial charge is 0.301 e. The fraction of sp³-hybridized carbons (Fsp3) is 0.179. The van der Waals surface area contributed by atoms with Crippen LogP contribution in [0.2, 0.25) is 0 Å². The Bertz CT molecular complexity index is 1510. The van der Waals surface area contributed by atoms with E-state index in [0.29, 0.717) is 39.9 Å². The number of rotatable bonds is 6. The van der Waals surface area contributed by atoms with Gasteiger partial charge in [0.25, 0.3) is 5.78 Å². The number of ketones is 1. The second kappa shape index (κ2) is 9.47. The van der Waals surface area contributed by atoms with Crippen molar-refractivity contribution >= 4 is 44.1 Å². The number of methoxy groups -OCH3 is 1. The van der Waals surface area contributed by atoms with Crippen LogP contribution in [0.1, 0.15) is 29.7 Å². The number of aliphatic hydroxyl groups is 1. The van der Waals surface area contributed by atoms with Crippen molar-refractivity contribution in [1.82, 2.24) is 4.98 Å². The van der Waals surface area contributed by atoms with E-state index in [9.17, 15) is 14.7 Å². The number of aliphatic hydroxyl groups excluding tert-OH is 1. The number of thiazole rings is 1. The molecule has 3 aromatic carbocycles. The molecule has 1 atom stereocenters. The molecule has 1 fully saturated rings. The molecule has 5 rings (SSSR count). The topological polar surface area (TPSA) is 89.0 Å². The van der Waals surface area contributed by atoms with Gasteiger partial charge in [0.1, 0.15) is 17.3 Å². The summed E-state index contributed by atoms with van der Waals surface area (Å²) in [6, 6.07) is 19.0. The van der Waals surface area contributed by atoms with Crippen LogP contribution in [0.5, 0.6) is 11.5 Å². The number of hydrogen-bond acceptors (Lipinski definition) is 7. The van der Waals surface area contributed by atoms with Gasteiger partial charge in [-0.25, -0.2) is 4.98 Å². The number of nitrogens with zero attached hydrogens (tertiary/aromatic N) is 2. The van der Waals surface area contributed by atoms with Crippen molar-refractivity contribution < 1.29 is 24.2 Å². The highest BCUT2D eigenvalue weighted by Gasteiger charge is 2.48. The Hall–Kier alpha value is -4.17. The van der Waals surface area contributed by atoms with Gasteiger partial charge in [-0.1, -0.05) is 53.3 Å². The molecule has 1 aliphatic rings. The molecule has 0 bridgehead atoms. The van der Waals surface area contributed by atoms with Gasteiger partial charge in [-0.15, -0.1) is 0 Å². The number of fused-ring (bicyclic) bond motifs is 1. The lowest BCUT2D eigenvalue weighted by Gasteiger charge is -2.23. The van der Waals surface area contributed by atoms with Crippen molar-refractivity contribution in [3.8, 4) is 11.5 Å². The number of benzene rings is 3. The minimum atomic E-state index is -0.844. The zero-order valence-electron chi connectivity index (χ0n) is 20.0. The average molecular weight is 501 g/mol. The Kier molecular flexibility index (Phi) is 6.20. The zero-order valence-corrected chi connectivity index (χ0v) is 20.8. The lowest BCUT2D eigenvalue weighted by atomic mass is 9.95. The fourth-order valence-electron chi connectivity index (χ4n) is 4.27. The third-order valence-corrected chi connectivity index (χ3v) is 7.06. The molecular weight excluding hydrogens is 476 g/mol. The molecule has 0 radical (unpaired) electrons. The van der Waals surface area contributed by atoms with E-state index in [1.165, 1.54) is 16.2 Å². The largest absolute Gasteiger partial charge is 0.507 e. The molecule has 7 nitrogen and oxygen atoms in total. The summed E-state index contributed by atoms with van der Waals surface area (Å²) in [5.74, 6) is -0.539. The highest BCUT2D eigenvalue weighted by molar-refractivity contribution is 7.22. The quantitative estimate of drug-likeness (QED) is 0.209. The minimum absolute atomic E-state index is 0.00865. The monoisotopic (exact) mass is 500 g/mol. The number of aryl methyl sites for hydroxylation is 1. The summed E-state index contributed by atoms with van der Waals surface area (Å²) in [5.41, 5.74) is 2.82. The first-order valence-electron chi connectivity index (χ1n) is 11.5. The van der Waals surface area contributed by atoms with Gasteiger partial charge in [0.05, 0.1) is 35.5 Å². The van der Waals surface area contributed by atoms with Crippen LogP contribution in [-0.2, 0) is 9.59 Å². The van der Waals surface area contributed by atoms with Gasteiger partial charge >= 0.3 is 5.91 Å². The van der Waals surface area contributed by atoms with E-state index in [0.717, 1.165) is 10.3 Å². The Labute approximate surface area is 212 Å². The van der Waals surface area contributed by atoms with Crippen molar-refractivity contribution in [3.05, 3.63) is 89.0 Å². The predicted molar refractivity (Wildman–Crippen MR) is 140 cm³/mol. The Morgan fingerprint density at radius 1 is 1.06 bits per heavy atom. The Morgan fingerprint density at radius 3 is 2.56 bits per heavy atom. The molecule has 1 amide bonds. The van der Waals surface area contributed by atoms with Gasteiger partial charge in [0.2, 0.25) is 0 Å². The molecule has 0 aliphatic carbocycles. The maximum atomic E-state index is 13.4. The maximum absolute atomic E-state index is 13.4. The van der Waals surface area contributed by atoms with Crippen LogP contribution in [0.3, 0.4) is 0 Å². The van der Waals surface area contributed by atoms with Crippen LogP contribution in [0.4, 0.5) is 5.13 Å². The lowest BCUT2D eigenvalue weighted by Crippen LogP contribution is -2.29. The molecule has 0 saturated carbocycles. The van der Waals surface area contributed by atoms with Gasteiger partial charge in [0.15, 0.2) is 5.13 Å². The highest BCUT2D eigenvalue weighted by Crippen LogP contribution is 2.44. The van der Waals surface area contributed by atoms with Gasteiger partial charge < -0.3 is 14.6 Å². The van der Waals surface area contributed by atoms with Crippen molar-refractivity contribution in [1.29, 1.82) is 0 Å². The SMILES string of the molecule is CCOc1cccc(C(O)=C2C(=O)C(=O)N(c3nc4ccc(OC)cc4s3)C2c2ccc(C)cc2)c1. The van der Waals surface area contributed by atoms with E-state index in [2.05, 4.69) is 4.98 Å². The first-order chi connectivity index (χ1) is 17.4. The Morgan fingerprint density at radius 2 is 1.83 bits per heavy atom. The Balaban J connectivity index is 1.69. The number of carbonyl (C=O) groups excluding carboxylic acids is 2. The van der Waals surface area contributed by atoms with Crippen molar-refractivity contribution in [2.75, 3.05) is 18.6 Å². The van der Waals surface area contributed by atoms with Gasteiger partial charge in [-0.2, -0.15) is 0 Å². The third kappa shape index (κ3) is 4.09. The van der Waals surface area contributed by atoms with E-state index < -0.39 is 17.7 Å². The minimum Gasteiger partial charge on any atom is -0.507 e. The third-order valence-electron chi connectivity index (χ3n) is 6.05. The van der Waals surface area contributed by atoms with Crippen LogP contribution < -0.4 is 14.4 Å². The number of ether oxygens (including phenoxy) is 2. The summed E-state index contributed by atoms with van der Waals surface area (Å²) >= 11 is 1.29. The van der Waals surface area contributed by atoms with E-state index >= 15 is 0 Å². The number of hydrogen-bond donors (Lipinski definition) is 1. The second-order valence-corrected chi connectivity index (χ2v) is 9.38. The summed E-state index contributed by atoms with van der Waals surface area (Å²) in [6.07, 6.45) is 0. The molecule has 1 aliphatic heterocycles. The average Bonchev–Trinajstić information content (AvgIpc) is 3.42. The molecule has 1 N–H and O–H groups in total. The van der Waals surface area contributed by atoms with Crippen molar-refractivity contribution in [2.24, 2.45) is 0 Å². The molecule has 0 spiro atoms. The molecule has 182 valence electrons. The number of Topliss-reactive ketones (excluding diaryl/α,β-unsaturated/α-hetero) is 1. The van der Waals surface area contributed by atoms with E-state index in [1.807, 2.05) is 50.2 Å². The van der Waals surface area contributed by atoms with E-state index in [1.54, 1.807) is 37.4 Å². The summed E-state index contributed by atoms with van der Waals surface area (Å²) in [7, 11) is 1.58. The lowest BCUT2D eigenvalue weighted by molar-refractivity contribution is -0.132. The zero-order chi connectivity index (χ0) is 25.4. The molecule has 2 heterocycles. The van der Waals surface area contributed by atoms with Crippen LogP contribution in [0.15, 0.2) is 72.3 Å². The molecular formula is C28H24N2O5S. The molecule has 1 saturated heterocycles. The first kappa shape index (κ1) is 23.6. The first-order valence-corrected chi connectivity index (χ1v) is 12.3. The number of aromatic nitrogens is 1. The van der Waals surface area contributed by atoms with Gasteiger partial charge in [-0.3, -0.25) is 14.5 Å². The molecule has 4 aromatic rings. The highest BCUT2D eigenvalue weighted by atomic mass is 32.1. The normalized spacial score (nSPS) is 17.1. The van der Waals surface area contributed by atoms with Crippen LogP contribution in [-0.4, -0.2) is 35.5 Å². The van der Waals surface area contributed by atoms with E-state index in [4.69, 9.17) is 9.47 Å². The number of carbonyl (C=O) groups is 2. The summed E-state index contributed by atoms with van der Waals surface area (Å²) in [4.78, 5) is 32.8. The summed E-state index contributed by atoms with van der Waals surface area (Å²) in [6.45, 7) is 4.28.